The molecule has 0 aromatic carbocycles. The molecule has 0 rings (SSSR count). The lowest BCUT2D eigenvalue weighted by atomic mass is 10.3. The molecule has 58 valence electrons. The molecule has 0 aliphatic carbocycles. The van der Waals surface area contributed by atoms with Crippen LogP contribution < -0.4 is 0 Å². The van der Waals surface area contributed by atoms with Crippen LogP contribution >= 0.6 is 0 Å². The molecule has 1 heteroatoms. The van der Waals surface area contributed by atoms with Gasteiger partial charge in [0.2, 0.25) is 0 Å². The Labute approximate surface area is 64.0 Å². The second-order valence-corrected chi connectivity index (χ2v) is 2.22. The largest absolute Gasteiger partial charge is 0.376 e. The minimum Gasteiger partial charge on any atom is -0.376 e. The van der Waals surface area contributed by atoms with Crippen LogP contribution in [0.25, 0.3) is 0 Å². The fourth-order valence-electron chi connectivity index (χ4n) is 0.998. The van der Waals surface area contributed by atoms with Crippen molar-refractivity contribution in [3.05, 3.63) is 24.4 Å². The van der Waals surface area contributed by atoms with E-state index in [1.54, 1.807) is 0 Å². The van der Waals surface area contributed by atoms with Crippen LogP contribution in [0.1, 0.15) is 20.8 Å². The molecular weight excluding hydrogens is 122 g/mol. The van der Waals surface area contributed by atoms with Crippen molar-refractivity contribution in [2.45, 2.75) is 20.8 Å². The van der Waals surface area contributed by atoms with Gasteiger partial charge in [0.25, 0.3) is 0 Å². The van der Waals surface area contributed by atoms with E-state index in [9.17, 15) is 0 Å². The SMILES string of the molecule is C=C/C=C(\C)N(CC)CC. The second kappa shape index (κ2) is 5.10. The van der Waals surface area contributed by atoms with E-state index in [1.807, 2.05) is 12.2 Å². The van der Waals surface area contributed by atoms with Crippen molar-refractivity contribution < 1.29 is 0 Å². The molecule has 1 nitrogen and oxygen atoms in total. The van der Waals surface area contributed by atoms with Gasteiger partial charge in [-0.1, -0.05) is 12.7 Å². The van der Waals surface area contributed by atoms with E-state index in [0.29, 0.717) is 0 Å². The van der Waals surface area contributed by atoms with Crippen molar-refractivity contribution in [3.8, 4) is 0 Å². The van der Waals surface area contributed by atoms with Crippen LogP contribution in [-0.2, 0) is 0 Å². The van der Waals surface area contributed by atoms with Crippen molar-refractivity contribution in [1.82, 2.24) is 4.90 Å². The summed E-state index contributed by atoms with van der Waals surface area (Å²) in [4.78, 5) is 2.29. The highest BCUT2D eigenvalue weighted by Crippen LogP contribution is 2.01. The molecule has 0 radical (unpaired) electrons. The number of allylic oxidation sites excluding steroid dienone is 3. The Morgan fingerprint density at radius 1 is 1.40 bits per heavy atom. The first kappa shape index (κ1) is 9.28. The average Bonchev–Trinajstić information content (AvgIpc) is 1.91. The van der Waals surface area contributed by atoms with Crippen LogP contribution in [0.2, 0.25) is 0 Å². The van der Waals surface area contributed by atoms with Gasteiger partial charge >= 0.3 is 0 Å². The summed E-state index contributed by atoms with van der Waals surface area (Å²) in [5, 5.41) is 0. The van der Waals surface area contributed by atoms with Crippen LogP contribution in [0.5, 0.6) is 0 Å². The van der Waals surface area contributed by atoms with Gasteiger partial charge in [-0.2, -0.15) is 0 Å². The Morgan fingerprint density at radius 3 is 2.20 bits per heavy atom. The van der Waals surface area contributed by atoms with Crippen molar-refractivity contribution in [1.29, 1.82) is 0 Å². The molecule has 0 bridgehead atoms. The van der Waals surface area contributed by atoms with E-state index in [0.717, 1.165) is 13.1 Å². The first-order chi connectivity index (χ1) is 4.76. The van der Waals surface area contributed by atoms with Crippen molar-refractivity contribution in [2.75, 3.05) is 13.1 Å². The summed E-state index contributed by atoms with van der Waals surface area (Å²) in [6, 6.07) is 0. The van der Waals surface area contributed by atoms with Crippen molar-refractivity contribution in [3.63, 3.8) is 0 Å². The van der Waals surface area contributed by atoms with Gasteiger partial charge in [0, 0.05) is 18.8 Å². The smallest absolute Gasteiger partial charge is 0.0146 e. The van der Waals surface area contributed by atoms with Gasteiger partial charge < -0.3 is 4.90 Å². The normalized spacial score (nSPS) is 11.3. The maximum atomic E-state index is 3.65. The number of hydrogen-bond acceptors (Lipinski definition) is 1. The Morgan fingerprint density at radius 2 is 1.90 bits per heavy atom. The highest BCUT2D eigenvalue weighted by atomic mass is 15.1. The Bertz CT molecular complexity index is 121. The van der Waals surface area contributed by atoms with Crippen LogP contribution in [0.4, 0.5) is 0 Å². The minimum absolute atomic E-state index is 1.08. The summed E-state index contributed by atoms with van der Waals surface area (Å²) >= 11 is 0. The lowest BCUT2D eigenvalue weighted by Crippen LogP contribution is -2.20. The molecule has 0 aromatic heterocycles. The second-order valence-electron chi connectivity index (χ2n) is 2.22. The molecule has 0 heterocycles. The van der Waals surface area contributed by atoms with E-state index < -0.39 is 0 Å². The van der Waals surface area contributed by atoms with Crippen molar-refractivity contribution >= 4 is 0 Å². The maximum absolute atomic E-state index is 3.65. The van der Waals surface area contributed by atoms with Crippen molar-refractivity contribution in [2.24, 2.45) is 0 Å². The van der Waals surface area contributed by atoms with E-state index in [-0.39, 0.29) is 0 Å². The van der Waals surface area contributed by atoms with Crippen LogP contribution in [0.15, 0.2) is 24.4 Å². The standard InChI is InChI=1S/C9H17N/c1-5-8-9(4)10(6-2)7-3/h5,8H,1,6-7H2,2-4H3/b9-8+. The number of hydrogen-bond donors (Lipinski definition) is 0. The highest BCUT2D eigenvalue weighted by Gasteiger charge is 1.95. The van der Waals surface area contributed by atoms with Gasteiger partial charge in [-0.05, 0) is 26.8 Å². The molecule has 0 N–H and O–H groups in total. The average molecular weight is 139 g/mol. The monoisotopic (exact) mass is 139 g/mol. The predicted octanol–water partition coefficient (Wildman–Crippen LogP) is 2.42. The molecule has 0 fully saturated rings. The van der Waals surface area contributed by atoms with Gasteiger partial charge in [0.15, 0.2) is 0 Å². The summed E-state index contributed by atoms with van der Waals surface area (Å²) in [5.41, 5.74) is 1.29. The van der Waals surface area contributed by atoms with Gasteiger partial charge in [0.05, 0.1) is 0 Å². The van der Waals surface area contributed by atoms with E-state index in [1.165, 1.54) is 5.70 Å². The quantitative estimate of drug-likeness (QED) is 0.541. The molecule has 0 saturated carbocycles. The Hall–Kier alpha value is -0.720. The van der Waals surface area contributed by atoms with Gasteiger partial charge in [-0.3, -0.25) is 0 Å². The summed E-state index contributed by atoms with van der Waals surface area (Å²) < 4.78 is 0. The third-order valence-corrected chi connectivity index (χ3v) is 1.62. The Balaban J connectivity index is 3.99. The lowest BCUT2D eigenvalue weighted by molar-refractivity contribution is 0.384. The number of nitrogens with zero attached hydrogens (tertiary/aromatic N) is 1. The molecule has 0 aliphatic heterocycles. The predicted molar refractivity (Wildman–Crippen MR) is 46.9 cm³/mol. The van der Waals surface area contributed by atoms with Crippen LogP contribution in [0.3, 0.4) is 0 Å². The maximum Gasteiger partial charge on any atom is 0.0146 e. The fourth-order valence-corrected chi connectivity index (χ4v) is 0.998. The molecule has 0 aliphatic rings. The van der Waals surface area contributed by atoms with E-state index in [4.69, 9.17) is 0 Å². The topological polar surface area (TPSA) is 3.24 Å². The number of rotatable bonds is 4. The first-order valence-electron chi connectivity index (χ1n) is 3.80. The van der Waals surface area contributed by atoms with Gasteiger partial charge in [-0.15, -0.1) is 0 Å². The van der Waals surface area contributed by atoms with E-state index >= 15 is 0 Å². The third-order valence-electron chi connectivity index (χ3n) is 1.62. The molecule has 0 spiro atoms. The first-order valence-corrected chi connectivity index (χ1v) is 3.80. The molecule has 0 aromatic rings. The zero-order chi connectivity index (χ0) is 7.98. The minimum atomic E-state index is 1.08. The molecule has 10 heavy (non-hydrogen) atoms. The molecule has 0 atom stereocenters. The third kappa shape index (κ3) is 2.72. The van der Waals surface area contributed by atoms with Crippen LogP contribution in [-0.4, -0.2) is 18.0 Å². The highest BCUT2D eigenvalue weighted by molar-refractivity contribution is 5.06. The fraction of sp³-hybridized carbons (Fsp3) is 0.556. The summed E-state index contributed by atoms with van der Waals surface area (Å²) in [6.45, 7) is 12.2. The zero-order valence-electron chi connectivity index (χ0n) is 7.22. The Kier molecular flexibility index (Phi) is 4.73. The van der Waals surface area contributed by atoms with Gasteiger partial charge in [-0.25, -0.2) is 0 Å². The van der Waals surface area contributed by atoms with Crippen LogP contribution in [0, 0.1) is 0 Å². The molecule has 0 unspecified atom stereocenters. The molecular formula is C9H17N. The summed E-state index contributed by atoms with van der Waals surface area (Å²) in [6.07, 6.45) is 3.86. The van der Waals surface area contributed by atoms with Gasteiger partial charge in [0.1, 0.15) is 0 Å². The summed E-state index contributed by atoms with van der Waals surface area (Å²) in [5.74, 6) is 0. The lowest BCUT2D eigenvalue weighted by Gasteiger charge is -2.20. The molecule has 0 saturated heterocycles. The molecule has 0 amide bonds. The van der Waals surface area contributed by atoms with E-state index in [2.05, 4.69) is 32.3 Å². The summed E-state index contributed by atoms with van der Waals surface area (Å²) in [7, 11) is 0. The zero-order valence-corrected chi connectivity index (χ0v) is 7.22.